The fourth-order valence-electron chi connectivity index (χ4n) is 4.85. The largest absolute Gasteiger partial charge is 0.497 e. The predicted molar refractivity (Wildman–Crippen MR) is 176 cm³/mol. The summed E-state index contributed by atoms with van der Waals surface area (Å²) in [5.41, 5.74) is 11.0. The lowest BCUT2D eigenvalue weighted by molar-refractivity contribution is -0.155. The third kappa shape index (κ3) is 7.95. The van der Waals surface area contributed by atoms with E-state index in [4.69, 9.17) is 20.2 Å². The van der Waals surface area contributed by atoms with Gasteiger partial charge in [0.25, 0.3) is 0 Å². The van der Waals surface area contributed by atoms with Gasteiger partial charge in [-0.2, -0.15) is 5.26 Å². The first kappa shape index (κ1) is 32.9. The molecule has 0 spiro atoms. The highest BCUT2D eigenvalue weighted by Gasteiger charge is 2.25. The van der Waals surface area contributed by atoms with Crippen molar-refractivity contribution < 1.29 is 19.1 Å². The zero-order chi connectivity index (χ0) is 32.7. The van der Waals surface area contributed by atoms with E-state index in [1.807, 2.05) is 75.4 Å². The van der Waals surface area contributed by atoms with Crippen molar-refractivity contribution in [1.82, 2.24) is 14.5 Å². The van der Waals surface area contributed by atoms with Crippen molar-refractivity contribution >= 4 is 28.6 Å². The summed E-state index contributed by atoms with van der Waals surface area (Å²) in [6.45, 7) is 6.31. The summed E-state index contributed by atoms with van der Waals surface area (Å²) in [5, 5.41) is 13.2. The van der Waals surface area contributed by atoms with E-state index in [2.05, 4.69) is 11.4 Å². The fourth-order valence-corrected chi connectivity index (χ4v) is 4.85. The Hall–Kier alpha value is -4.98. The number of carbonyl (C=O) groups is 2. The first-order valence-corrected chi connectivity index (χ1v) is 14.8. The van der Waals surface area contributed by atoms with Gasteiger partial charge in [0, 0.05) is 53.3 Å². The van der Waals surface area contributed by atoms with Crippen LogP contribution in [0.4, 0.5) is 5.69 Å². The lowest BCUT2D eigenvalue weighted by Gasteiger charge is -2.21. The number of esters is 1. The van der Waals surface area contributed by atoms with Crippen molar-refractivity contribution in [2.75, 3.05) is 33.1 Å². The van der Waals surface area contributed by atoms with Crippen LogP contribution in [0.1, 0.15) is 39.0 Å². The lowest BCUT2D eigenvalue weighted by Crippen LogP contribution is -2.38. The summed E-state index contributed by atoms with van der Waals surface area (Å²) in [6.07, 6.45) is 6.95. The van der Waals surface area contributed by atoms with Crippen LogP contribution in [0.5, 0.6) is 5.75 Å². The van der Waals surface area contributed by atoms with Gasteiger partial charge in [-0.25, -0.2) is 4.98 Å². The Balaban J connectivity index is 1.78. The van der Waals surface area contributed by atoms with Crippen molar-refractivity contribution in [2.45, 2.75) is 39.5 Å². The average Bonchev–Trinajstić information content (AvgIpc) is 3.42. The number of benzene rings is 2. The Morgan fingerprint density at radius 1 is 1.13 bits per heavy atom. The summed E-state index contributed by atoms with van der Waals surface area (Å²) >= 11 is 0. The molecule has 234 valence electrons. The third-order valence-electron chi connectivity index (χ3n) is 7.66. The molecule has 2 aromatic carbocycles. The van der Waals surface area contributed by atoms with E-state index in [1.54, 1.807) is 43.0 Å². The van der Waals surface area contributed by atoms with E-state index in [0.717, 1.165) is 34.1 Å². The molecule has 2 aromatic heterocycles. The highest BCUT2D eigenvalue weighted by molar-refractivity contribution is 6.00. The Bertz CT molecular complexity index is 1750. The maximum Gasteiger partial charge on any atom is 0.325 e. The number of nitrogens with two attached hydrogens (primary N) is 1. The topological polar surface area (TPSA) is 136 Å². The molecular weight excluding hydrogens is 568 g/mol. The van der Waals surface area contributed by atoms with Crippen molar-refractivity contribution in [3.63, 3.8) is 0 Å². The van der Waals surface area contributed by atoms with Crippen LogP contribution in [0.3, 0.4) is 0 Å². The molecule has 10 nitrogen and oxygen atoms in total. The van der Waals surface area contributed by atoms with Gasteiger partial charge in [0.2, 0.25) is 5.91 Å². The molecule has 1 amide bonds. The van der Waals surface area contributed by atoms with E-state index in [-0.39, 0.29) is 11.8 Å². The number of hydrogen-bond acceptors (Lipinski definition) is 8. The molecule has 0 aliphatic heterocycles. The molecule has 0 aliphatic carbocycles. The zero-order valence-electron chi connectivity index (χ0n) is 26.6. The standard InChI is InChI=1S/C35H40N6O4/c1-7-22(2)33(37)35(43)45-23(3)41-21-31(25-11-8-10-24(14-25)19-36)30-17-27(20-38-34(30)41)26-15-28(18-29(16-26)44-6)39-32(42)12-9-13-40(4)5/h8-12,14-18,20-23,33H,7,13,37H2,1-6H3,(H,39,42)/b12-9+/t22-,23?,33-/m0/s1. The van der Waals surface area contributed by atoms with Gasteiger partial charge in [-0.05, 0) is 68.4 Å². The minimum Gasteiger partial charge on any atom is -0.497 e. The van der Waals surface area contributed by atoms with Crippen molar-refractivity contribution in [3.05, 3.63) is 78.6 Å². The number of nitrogens with zero attached hydrogens (tertiary/aromatic N) is 4. The Morgan fingerprint density at radius 3 is 2.60 bits per heavy atom. The monoisotopic (exact) mass is 608 g/mol. The zero-order valence-corrected chi connectivity index (χ0v) is 26.6. The molecule has 3 N–H and O–H groups in total. The molecule has 2 heterocycles. The number of amides is 1. The highest BCUT2D eigenvalue weighted by Crippen LogP contribution is 2.36. The lowest BCUT2D eigenvalue weighted by atomic mass is 10.0. The number of anilines is 1. The summed E-state index contributed by atoms with van der Waals surface area (Å²) in [7, 11) is 5.43. The minimum absolute atomic E-state index is 0.0253. The van der Waals surface area contributed by atoms with Crippen LogP contribution in [0, 0.1) is 17.2 Å². The van der Waals surface area contributed by atoms with Gasteiger partial charge in [-0.3, -0.25) is 14.2 Å². The molecule has 0 saturated heterocycles. The van der Waals surface area contributed by atoms with Crippen LogP contribution in [0.25, 0.3) is 33.3 Å². The van der Waals surface area contributed by atoms with Crippen molar-refractivity contribution in [1.29, 1.82) is 5.26 Å². The van der Waals surface area contributed by atoms with Crippen molar-refractivity contribution in [2.24, 2.45) is 11.7 Å². The quantitative estimate of drug-likeness (QED) is 0.154. The molecule has 3 atom stereocenters. The first-order valence-electron chi connectivity index (χ1n) is 14.8. The Morgan fingerprint density at radius 2 is 1.91 bits per heavy atom. The maximum atomic E-state index is 12.9. The molecule has 4 rings (SSSR count). The second kappa shape index (κ2) is 14.7. The number of rotatable bonds is 12. The summed E-state index contributed by atoms with van der Waals surface area (Å²) < 4.78 is 13.1. The first-order chi connectivity index (χ1) is 21.5. The van der Waals surface area contributed by atoms with Gasteiger partial charge in [-0.1, -0.05) is 38.5 Å². The number of hydrogen-bond donors (Lipinski definition) is 2. The summed E-state index contributed by atoms with van der Waals surface area (Å²) in [6, 6.07) is 16.2. The number of pyridine rings is 1. The molecule has 10 heteroatoms. The fraction of sp³-hybridized carbons (Fsp3) is 0.314. The Kier molecular flexibility index (Phi) is 10.7. The van der Waals surface area contributed by atoms with Crippen LogP contribution in [0.15, 0.2) is 73.1 Å². The van der Waals surface area contributed by atoms with E-state index >= 15 is 0 Å². The molecule has 0 saturated carbocycles. The SMILES string of the molecule is CC[C@H](C)[C@H](N)C(=O)OC(C)n1cc(-c2cccc(C#N)c2)c2cc(-c3cc(NC(=O)/C=C/CN(C)C)cc(OC)c3)cnc21. The van der Waals surface area contributed by atoms with Gasteiger partial charge in [0.15, 0.2) is 6.23 Å². The maximum absolute atomic E-state index is 12.9. The number of nitriles is 1. The number of aromatic nitrogens is 2. The third-order valence-corrected chi connectivity index (χ3v) is 7.66. The van der Waals surface area contributed by atoms with E-state index in [9.17, 15) is 14.9 Å². The summed E-state index contributed by atoms with van der Waals surface area (Å²) in [4.78, 5) is 32.2. The van der Waals surface area contributed by atoms with Crippen LogP contribution in [-0.2, 0) is 14.3 Å². The van der Waals surface area contributed by atoms with Gasteiger partial charge in [-0.15, -0.1) is 0 Å². The molecule has 0 bridgehead atoms. The number of nitrogens with one attached hydrogen (secondary N) is 1. The average molecular weight is 609 g/mol. The minimum atomic E-state index is -0.739. The van der Waals surface area contributed by atoms with E-state index in [1.165, 1.54) is 6.08 Å². The molecule has 0 fully saturated rings. The molecule has 0 radical (unpaired) electrons. The van der Waals surface area contributed by atoms with E-state index < -0.39 is 18.2 Å². The predicted octanol–water partition coefficient (Wildman–Crippen LogP) is 5.74. The number of fused-ring (bicyclic) bond motifs is 1. The molecule has 4 aromatic rings. The second-order valence-electron chi connectivity index (χ2n) is 11.3. The summed E-state index contributed by atoms with van der Waals surface area (Å²) in [5.74, 6) is -0.190. The molecule has 45 heavy (non-hydrogen) atoms. The number of likely N-dealkylation sites (N-methyl/N-ethyl adjacent to an activating group) is 1. The van der Waals surface area contributed by atoms with Crippen LogP contribution in [-0.4, -0.2) is 60.1 Å². The Labute approximate surface area is 264 Å². The highest BCUT2D eigenvalue weighted by atomic mass is 16.6. The normalized spacial score (nSPS) is 13.4. The van der Waals surface area contributed by atoms with Gasteiger partial charge >= 0.3 is 5.97 Å². The van der Waals surface area contributed by atoms with Gasteiger partial charge < -0.3 is 25.4 Å². The van der Waals surface area contributed by atoms with Crippen LogP contribution < -0.4 is 15.8 Å². The second-order valence-corrected chi connectivity index (χ2v) is 11.3. The smallest absolute Gasteiger partial charge is 0.325 e. The molecule has 1 unspecified atom stereocenters. The molecule has 0 aliphatic rings. The van der Waals surface area contributed by atoms with Gasteiger partial charge in [0.1, 0.15) is 17.4 Å². The van der Waals surface area contributed by atoms with Crippen LogP contribution >= 0.6 is 0 Å². The van der Waals surface area contributed by atoms with Crippen molar-refractivity contribution in [3.8, 4) is 34.1 Å². The number of ether oxygens (including phenoxy) is 2. The van der Waals surface area contributed by atoms with Crippen LogP contribution in [0.2, 0.25) is 0 Å². The number of carbonyl (C=O) groups excluding carboxylic acids is 2. The van der Waals surface area contributed by atoms with E-state index in [0.29, 0.717) is 29.2 Å². The number of methoxy groups -OCH3 is 1. The molecular formula is C35H40N6O4. The van der Waals surface area contributed by atoms with Gasteiger partial charge in [0.05, 0.1) is 18.7 Å².